The molecule has 0 unspecified atom stereocenters. The lowest BCUT2D eigenvalue weighted by molar-refractivity contribution is -0.339. The maximum absolute atomic E-state index is 10.3. The standard InChI is InChI=1S/C14H19NO5/c1-17-14-10(15)11(16)12-9(19-14)7-18-13(20-12)8-5-3-2-4-6-8/h2-6,9-14,16H,7,15H2,1H3/t9-,10+,11+,12+,13+,14-/m1/s1. The van der Waals surface area contributed by atoms with Gasteiger partial charge in [0, 0.05) is 12.7 Å². The maximum Gasteiger partial charge on any atom is 0.184 e. The number of nitrogens with two attached hydrogens (primary N) is 1. The Kier molecular flexibility index (Phi) is 4.02. The number of fused-ring (bicyclic) bond motifs is 1. The van der Waals surface area contributed by atoms with Gasteiger partial charge in [0.25, 0.3) is 0 Å². The quantitative estimate of drug-likeness (QED) is 0.803. The lowest BCUT2D eigenvalue weighted by Crippen LogP contribution is -2.64. The molecule has 2 saturated heterocycles. The van der Waals surface area contributed by atoms with Gasteiger partial charge in [-0.1, -0.05) is 30.3 Å². The minimum atomic E-state index is -0.853. The summed E-state index contributed by atoms with van der Waals surface area (Å²) in [4.78, 5) is 0. The van der Waals surface area contributed by atoms with Crippen LogP contribution in [0.5, 0.6) is 0 Å². The summed E-state index contributed by atoms with van der Waals surface area (Å²) in [6.45, 7) is 0.327. The molecule has 0 amide bonds. The zero-order valence-corrected chi connectivity index (χ0v) is 11.2. The van der Waals surface area contributed by atoms with E-state index < -0.39 is 30.8 Å². The van der Waals surface area contributed by atoms with Crippen LogP contribution in [-0.2, 0) is 18.9 Å². The van der Waals surface area contributed by atoms with Crippen molar-refractivity contribution in [3.8, 4) is 0 Å². The van der Waals surface area contributed by atoms with Gasteiger partial charge >= 0.3 is 0 Å². The number of ether oxygens (including phenoxy) is 4. The van der Waals surface area contributed by atoms with Crippen LogP contribution in [0.25, 0.3) is 0 Å². The lowest BCUT2D eigenvalue weighted by Gasteiger charge is -2.46. The van der Waals surface area contributed by atoms with Crippen LogP contribution < -0.4 is 5.73 Å². The zero-order chi connectivity index (χ0) is 14.1. The van der Waals surface area contributed by atoms with E-state index in [-0.39, 0.29) is 6.10 Å². The zero-order valence-electron chi connectivity index (χ0n) is 11.2. The van der Waals surface area contributed by atoms with Gasteiger partial charge in [-0.15, -0.1) is 0 Å². The van der Waals surface area contributed by atoms with Gasteiger partial charge in [0.15, 0.2) is 12.6 Å². The molecule has 6 nitrogen and oxygen atoms in total. The van der Waals surface area contributed by atoms with E-state index in [1.54, 1.807) is 0 Å². The van der Waals surface area contributed by atoms with Gasteiger partial charge in [-0.25, -0.2) is 0 Å². The van der Waals surface area contributed by atoms with Gasteiger partial charge in [0.1, 0.15) is 18.3 Å². The van der Waals surface area contributed by atoms with Gasteiger partial charge in [0.2, 0.25) is 0 Å². The monoisotopic (exact) mass is 281 g/mol. The lowest BCUT2D eigenvalue weighted by atomic mass is 9.96. The summed E-state index contributed by atoms with van der Waals surface area (Å²) in [7, 11) is 1.49. The fraction of sp³-hybridized carbons (Fsp3) is 0.571. The largest absolute Gasteiger partial charge is 0.388 e. The van der Waals surface area contributed by atoms with Gasteiger partial charge in [-0.3, -0.25) is 0 Å². The van der Waals surface area contributed by atoms with Crippen molar-refractivity contribution in [2.45, 2.75) is 36.9 Å². The molecule has 0 aromatic heterocycles. The summed E-state index contributed by atoms with van der Waals surface area (Å²) in [6.07, 6.45) is -2.91. The first-order valence-electron chi connectivity index (χ1n) is 6.64. The second-order valence-corrected chi connectivity index (χ2v) is 5.02. The molecular weight excluding hydrogens is 262 g/mol. The molecule has 6 heteroatoms. The van der Waals surface area contributed by atoms with E-state index in [9.17, 15) is 5.11 Å². The van der Waals surface area contributed by atoms with E-state index >= 15 is 0 Å². The molecule has 0 spiro atoms. The first-order chi connectivity index (χ1) is 9.70. The normalized spacial score (nSPS) is 41.1. The molecule has 1 aromatic rings. The van der Waals surface area contributed by atoms with Gasteiger partial charge in [-0.05, 0) is 0 Å². The molecule has 3 N–H and O–H groups in total. The van der Waals surface area contributed by atoms with Crippen LogP contribution in [0, 0.1) is 0 Å². The van der Waals surface area contributed by atoms with Crippen LogP contribution in [0.15, 0.2) is 30.3 Å². The van der Waals surface area contributed by atoms with E-state index in [2.05, 4.69) is 0 Å². The van der Waals surface area contributed by atoms with Crippen LogP contribution in [-0.4, -0.2) is 49.5 Å². The Labute approximate surface area is 117 Å². The molecule has 1 aromatic carbocycles. The van der Waals surface area contributed by atoms with Gasteiger partial charge < -0.3 is 29.8 Å². The van der Waals surface area contributed by atoms with Crippen molar-refractivity contribution in [1.82, 2.24) is 0 Å². The number of benzene rings is 1. The highest BCUT2D eigenvalue weighted by molar-refractivity contribution is 5.16. The molecule has 0 saturated carbocycles. The Balaban J connectivity index is 1.74. The number of aliphatic hydroxyl groups excluding tert-OH is 1. The molecule has 2 heterocycles. The average Bonchev–Trinajstić information content (AvgIpc) is 2.51. The third-order valence-corrected chi connectivity index (χ3v) is 3.72. The molecule has 2 fully saturated rings. The number of hydrogen-bond acceptors (Lipinski definition) is 6. The van der Waals surface area contributed by atoms with Crippen molar-refractivity contribution in [1.29, 1.82) is 0 Å². The predicted octanol–water partition coefficient (Wildman–Crippen LogP) is 0.160. The third-order valence-electron chi connectivity index (χ3n) is 3.72. The Morgan fingerprint density at radius 3 is 2.70 bits per heavy atom. The molecule has 2 aliphatic heterocycles. The van der Waals surface area contributed by atoms with E-state index in [1.165, 1.54) is 7.11 Å². The number of rotatable bonds is 2. The Morgan fingerprint density at radius 1 is 1.25 bits per heavy atom. The van der Waals surface area contributed by atoms with Gasteiger partial charge in [0.05, 0.1) is 12.6 Å². The molecule has 2 aliphatic rings. The Morgan fingerprint density at radius 2 is 2.00 bits per heavy atom. The van der Waals surface area contributed by atoms with Crippen molar-refractivity contribution in [2.75, 3.05) is 13.7 Å². The Hall–Kier alpha value is -1.02. The van der Waals surface area contributed by atoms with Crippen molar-refractivity contribution >= 4 is 0 Å². The molecular formula is C14H19NO5. The molecule has 0 radical (unpaired) electrons. The molecule has 6 atom stereocenters. The fourth-order valence-corrected chi connectivity index (χ4v) is 2.60. The smallest absolute Gasteiger partial charge is 0.184 e. The van der Waals surface area contributed by atoms with Crippen molar-refractivity contribution in [2.24, 2.45) is 5.73 Å². The first kappa shape index (κ1) is 13.9. The first-order valence-corrected chi connectivity index (χ1v) is 6.64. The van der Waals surface area contributed by atoms with E-state index in [0.717, 1.165) is 5.56 Å². The maximum atomic E-state index is 10.3. The van der Waals surface area contributed by atoms with E-state index in [4.69, 9.17) is 24.7 Å². The van der Waals surface area contributed by atoms with Crippen LogP contribution in [0.2, 0.25) is 0 Å². The summed E-state index contributed by atoms with van der Waals surface area (Å²) >= 11 is 0. The molecule has 3 rings (SSSR count). The van der Waals surface area contributed by atoms with Crippen molar-refractivity contribution in [3.63, 3.8) is 0 Å². The summed E-state index contributed by atoms with van der Waals surface area (Å²) in [5.74, 6) is 0. The minimum Gasteiger partial charge on any atom is -0.388 e. The summed E-state index contributed by atoms with van der Waals surface area (Å²) in [6, 6.07) is 8.93. The predicted molar refractivity (Wildman–Crippen MR) is 69.7 cm³/mol. The van der Waals surface area contributed by atoms with Crippen molar-refractivity contribution < 1.29 is 24.1 Å². The molecule has 0 aliphatic carbocycles. The van der Waals surface area contributed by atoms with Crippen LogP contribution in [0.1, 0.15) is 11.9 Å². The molecule has 20 heavy (non-hydrogen) atoms. The fourth-order valence-electron chi connectivity index (χ4n) is 2.60. The highest BCUT2D eigenvalue weighted by atomic mass is 16.7. The summed E-state index contributed by atoms with van der Waals surface area (Å²) < 4.78 is 22.2. The third kappa shape index (κ3) is 2.46. The van der Waals surface area contributed by atoms with E-state index in [0.29, 0.717) is 6.61 Å². The summed E-state index contributed by atoms with van der Waals surface area (Å²) in [5, 5.41) is 10.3. The number of methoxy groups -OCH3 is 1. The van der Waals surface area contributed by atoms with Crippen LogP contribution in [0.3, 0.4) is 0 Å². The highest BCUT2D eigenvalue weighted by Gasteiger charge is 2.48. The highest BCUT2D eigenvalue weighted by Crippen LogP contribution is 2.33. The number of hydrogen-bond donors (Lipinski definition) is 2. The number of aliphatic hydroxyl groups is 1. The van der Waals surface area contributed by atoms with Gasteiger partial charge in [-0.2, -0.15) is 0 Å². The average molecular weight is 281 g/mol. The van der Waals surface area contributed by atoms with Crippen LogP contribution in [0.4, 0.5) is 0 Å². The minimum absolute atomic E-state index is 0.327. The SMILES string of the molecule is CO[C@@H]1O[C@@H]2CO[C@H](c3ccccc3)O[C@@H]2[C@@H](O)[C@@H]1N. The van der Waals surface area contributed by atoms with Crippen molar-refractivity contribution in [3.05, 3.63) is 35.9 Å². The second kappa shape index (κ2) is 5.77. The second-order valence-electron chi connectivity index (χ2n) is 5.02. The molecule has 0 bridgehead atoms. The Bertz CT molecular complexity index is 440. The van der Waals surface area contributed by atoms with E-state index in [1.807, 2.05) is 30.3 Å². The summed E-state index contributed by atoms with van der Waals surface area (Å²) in [5.41, 5.74) is 6.81. The molecule has 110 valence electrons. The topological polar surface area (TPSA) is 83.2 Å². The van der Waals surface area contributed by atoms with Crippen LogP contribution >= 0.6 is 0 Å².